The van der Waals surface area contributed by atoms with Crippen molar-refractivity contribution in [2.45, 2.75) is 188 Å². The number of nitrogens with one attached hydrogen (secondary N) is 3. The Morgan fingerprint density at radius 1 is 0.582 bits per heavy atom. The smallest absolute Gasteiger partial charge is 0.332 e. The number of benzene rings is 2. The van der Waals surface area contributed by atoms with Gasteiger partial charge in [-0.15, -0.1) is 0 Å². The number of ether oxygens (including phenoxy) is 1. The van der Waals surface area contributed by atoms with Gasteiger partial charge in [-0.1, -0.05) is 136 Å². The van der Waals surface area contributed by atoms with Gasteiger partial charge in [-0.05, 0) is 74.3 Å². The van der Waals surface area contributed by atoms with E-state index in [0.717, 1.165) is 10.5 Å². The number of cyclic esters (lactones) is 1. The molecule has 0 aliphatic carbocycles. The molecule has 2 aliphatic heterocycles. The predicted octanol–water partition coefficient (Wildman–Crippen LogP) is 4.37. The zero-order valence-corrected chi connectivity index (χ0v) is 49.8. The van der Waals surface area contributed by atoms with Gasteiger partial charge in [0.1, 0.15) is 42.3 Å². The quantitative estimate of drug-likeness (QED) is 0.206. The third-order valence-electron chi connectivity index (χ3n) is 15.8. The fourth-order valence-electron chi connectivity index (χ4n) is 11.0. The topological polar surface area (TPSA) is 235 Å². The van der Waals surface area contributed by atoms with Gasteiger partial charge in [0, 0.05) is 53.5 Å². The van der Waals surface area contributed by atoms with E-state index in [-0.39, 0.29) is 38.1 Å². The van der Waals surface area contributed by atoms with Crippen molar-refractivity contribution in [3.63, 3.8) is 0 Å². The van der Waals surface area contributed by atoms with Gasteiger partial charge in [0.15, 0.2) is 12.1 Å². The third-order valence-corrected chi connectivity index (χ3v) is 15.8. The van der Waals surface area contributed by atoms with Crippen molar-refractivity contribution in [1.29, 1.82) is 0 Å². The molecule has 438 valence electrons. The van der Waals surface area contributed by atoms with Crippen LogP contribution in [0.2, 0.25) is 0 Å². The molecule has 2 aromatic carbocycles. The third kappa shape index (κ3) is 16.4. The molecule has 0 aromatic heterocycles. The van der Waals surface area contributed by atoms with Crippen LogP contribution in [0, 0.1) is 29.6 Å². The summed E-state index contributed by atoms with van der Waals surface area (Å²) in [4.78, 5) is 140. The van der Waals surface area contributed by atoms with Crippen molar-refractivity contribution in [2.24, 2.45) is 29.6 Å². The van der Waals surface area contributed by atoms with E-state index in [1.165, 1.54) is 61.6 Å². The van der Waals surface area contributed by atoms with Crippen molar-refractivity contribution in [3.05, 3.63) is 71.8 Å². The average Bonchev–Trinajstić information content (AvgIpc) is 3.89. The van der Waals surface area contributed by atoms with Crippen LogP contribution in [-0.2, 0) is 60.7 Å². The van der Waals surface area contributed by atoms with Crippen molar-refractivity contribution in [1.82, 2.24) is 40.4 Å². The second kappa shape index (κ2) is 28.7. The fourth-order valence-corrected chi connectivity index (χ4v) is 11.0. The molecule has 2 aliphatic rings. The molecule has 4 N–H and O–H groups in total. The maximum atomic E-state index is 15.3. The van der Waals surface area contributed by atoms with Crippen LogP contribution in [0.15, 0.2) is 60.7 Å². The molecule has 19 heteroatoms. The highest BCUT2D eigenvalue weighted by molar-refractivity contribution is 5.99. The van der Waals surface area contributed by atoms with Gasteiger partial charge in [-0.3, -0.25) is 38.4 Å². The number of amides is 8. The molecule has 79 heavy (non-hydrogen) atoms. The molecule has 19 nitrogen and oxygen atoms in total. The van der Waals surface area contributed by atoms with Crippen molar-refractivity contribution < 1.29 is 53.0 Å². The number of aliphatic hydroxyl groups is 1. The Bertz CT molecular complexity index is 2430. The lowest BCUT2D eigenvalue weighted by Crippen LogP contribution is -2.63. The van der Waals surface area contributed by atoms with Gasteiger partial charge in [0.2, 0.25) is 41.4 Å². The van der Waals surface area contributed by atoms with Crippen LogP contribution in [0.4, 0.5) is 0 Å². The summed E-state index contributed by atoms with van der Waals surface area (Å²) in [7, 11) is 5.67. The fraction of sp³-hybridized carbons (Fsp3) is 0.650. The number of likely N-dealkylation sites (N-methyl/N-ethyl adjacent to an activating group) is 4. The molecule has 0 spiro atoms. The van der Waals surface area contributed by atoms with Gasteiger partial charge < -0.3 is 50.3 Å². The lowest BCUT2D eigenvalue weighted by molar-refractivity contribution is -0.177. The molecule has 2 saturated heterocycles. The number of nitrogens with zero attached hydrogens (tertiary/aromatic N) is 5. The summed E-state index contributed by atoms with van der Waals surface area (Å²) in [5.74, 6) is -8.65. The molecule has 11 atom stereocenters. The van der Waals surface area contributed by atoms with Crippen LogP contribution in [0.3, 0.4) is 0 Å². The van der Waals surface area contributed by atoms with Crippen LogP contribution >= 0.6 is 0 Å². The number of hydrogen-bond donors (Lipinski definition) is 4. The Labute approximate surface area is 469 Å². The maximum absolute atomic E-state index is 15.3. The predicted molar refractivity (Wildman–Crippen MR) is 301 cm³/mol. The lowest BCUT2D eigenvalue weighted by Gasteiger charge is -2.39. The average molecular weight is 1100 g/mol. The maximum Gasteiger partial charge on any atom is 0.332 e. The number of fused-ring (bicyclic) bond motifs is 1. The number of esters is 1. The highest BCUT2D eigenvalue weighted by Crippen LogP contribution is 2.27. The summed E-state index contributed by atoms with van der Waals surface area (Å²) in [5, 5.41) is 20.5. The zero-order chi connectivity index (χ0) is 59.4. The molecule has 1 unspecified atom stereocenters. The lowest BCUT2D eigenvalue weighted by atomic mass is 9.93. The number of hydrogen-bond acceptors (Lipinski definition) is 11. The Morgan fingerprint density at radius 2 is 1.06 bits per heavy atom. The molecule has 2 heterocycles. The second-order valence-corrected chi connectivity index (χ2v) is 23.7. The minimum Gasteiger partial charge on any atom is -0.450 e. The van der Waals surface area contributed by atoms with Crippen LogP contribution in [0.5, 0.6) is 0 Å². The largest absolute Gasteiger partial charge is 0.450 e. The summed E-state index contributed by atoms with van der Waals surface area (Å²) in [6.45, 7) is 20.6. The molecule has 8 amide bonds. The molecule has 0 saturated carbocycles. The SMILES string of the molecule is CC[C@H](C)[C@@H]1NC(=O)[C@@H]2CCCN2C(=O)[C@H](Cc2ccccc2)N(C)C(=O)[C@H](Cc2ccccc2)NC(=O)[C@H](C(C)C)N(C)C(=O)[C@@H]([C@@H](C)CC)OC(=O)C(C(C)(C)O)N(C)C(=O)[C@H](CC(C)C)NC(=O)[C@H](C(C)C)N(C)C1=O. The van der Waals surface area contributed by atoms with Gasteiger partial charge in [0.25, 0.3) is 5.91 Å². The van der Waals surface area contributed by atoms with E-state index >= 15 is 9.59 Å². The Hall–Kier alpha value is -6.37. The van der Waals surface area contributed by atoms with Gasteiger partial charge >= 0.3 is 5.97 Å². The minimum atomic E-state index is -1.97. The van der Waals surface area contributed by atoms with E-state index in [0.29, 0.717) is 24.8 Å². The monoisotopic (exact) mass is 1100 g/mol. The first-order valence-electron chi connectivity index (χ1n) is 28.3. The molecule has 2 aromatic rings. The summed E-state index contributed by atoms with van der Waals surface area (Å²) in [6, 6.07) is 8.11. The zero-order valence-electron chi connectivity index (χ0n) is 49.8. The van der Waals surface area contributed by atoms with E-state index in [2.05, 4.69) is 16.0 Å². The van der Waals surface area contributed by atoms with Crippen LogP contribution < -0.4 is 16.0 Å². The van der Waals surface area contributed by atoms with Crippen LogP contribution in [0.1, 0.15) is 126 Å². The summed E-state index contributed by atoms with van der Waals surface area (Å²) in [5.41, 5.74) is -0.551. The highest BCUT2D eigenvalue weighted by Gasteiger charge is 2.48. The summed E-state index contributed by atoms with van der Waals surface area (Å²) >= 11 is 0. The molecule has 2 fully saturated rings. The Morgan fingerprint density at radius 3 is 1.54 bits per heavy atom. The highest BCUT2D eigenvalue weighted by atomic mass is 16.6. The molecular weight excluding hydrogens is 1010 g/mol. The van der Waals surface area contributed by atoms with E-state index in [1.807, 2.05) is 57.2 Å². The van der Waals surface area contributed by atoms with Gasteiger partial charge in [-0.2, -0.15) is 0 Å². The van der Waals surface area contributed by atoms with Crippen molar-refractivity contribution in [3.8, 4) is 0 Å². The van der Waals surface area contributed by atoms with E-state index in [4.69, 9.17) is 4.74 Å². The number of rotatable bonds is 13. The molecular formula is C60H92N8O11. The van der Waals surface area contributed by atoms with Gasteiger partial charge in [0.05, 0.1) is 5.60 Å². The molecule has 0 radical (unpaired) electrons. The standard InChI is InChI=1S/C60H92N8O11/c1-17-38(9)46-57(75)65(14)47(36(5)6)52(70)61-42(32-35(3)4)55(73)67(16)50(60(11,12)78)59(77)79-49(39(10)18-2)58(76)66(15)48(37(7)8)53(71)62-43(33-40-26-21-19-22-27-40)54(72)64(13)45(34-41-28-23-20-24-29-41)56(74)68-31-25-30-44(68)51(69)63-46/h19-24,26-29,35-39,42-50,78H,17-18,25,30-34H2,1-16H3,(H,61,70)(H,62,71)(H,63,69)/t38-,39-,42-,43-,44-,45-,46-,47-,48-,49+,50?/m0/s1. The summed E-state index contributed by atoms with van der Waals surface area (Å²) < 4.78 is 6.09. The van der Waals surface area contributed by atoms with Crippen LogP contribution in [0.25, 0.3) is 0 Å². The van der Waals surface area contributed by atoms with E-state index < -0.39 is 137 Å². The second-order valence-electron chi connectivity index (χ2n) is 23.7. The Kier molecular flexibility index (Phi) is 23.6. The van der Waals surface area contributed by atoms with Crippen molar-refractivity contribution >= 4 is 53.2 Å². The first-order chi connectivity index (χ1) is 37.0. The number of carbonyl (C=O) groups excluding carboxylic acids is 9. The number of carbonyl (C=O) groups is 9. The van der Waals surface area contributed by atoms with Gasteiger partial charge in [-0.25, -0.2) is 4.79 Å². The molecule has 0 bridgehead atoms. The normalized spacial score (nSPS) is 26.5. The summed E-state index contributed by atoms with van der Waals surface area (Å²) in [6.07, 6.45) is 0.101. The van der Waals surface area contributed by atoms with Crippen LogP contribution in [-0.4, -0.2) is 178 Å². The minimum absolute atomic E-state index is 0.00676. The molecule has 4 rings (SSSR count). The van der Waals surface area contributed by atoms with E-state index in [1.54, 1.807) is 72.7 Å². The first-order valence-corrected chi connectivity index (χ1v) is 28.3. The Balaban J connectivity index is 1.98. The van der Waals surface area contributed by atoms with Crippen molar-refractivity contribution in [2.75, 3.05) is 34.7 Å². The first kappa shape index (κ1) is 65.2. The van der Waals surface area contributed by atoms with E-state index in [9.17, 15) is 38.7 Å².